The average Bonchev–Trinajstić information content (AvgIpc) is 3.00. The quantitative estimate of drug-likeness (QED) is 0.123. The van der Waals surface area contributed by atoms with Gasteiger partial charge in [-0.2, -0.15) is 0 Å². The second-order valence-corrected chi connectivity index (χ2v) is 10.4. The summed E-state index contributed by atoms with van der Waals surface area (Å²) in [6.07, 6.45) is 5.32. The van der Waals surface area contributed by atoms with E-state index in [1.807, 2.05) is 12.1 Å². The zero-order valence-corrected chi connectivity index (χ0v) is 25.0. The summed E-state index contributed by atoms with van der Waals surface area (Å²) < 4.78 is 33.4. The molecule has 1 aliphatic rings. The van der Waals surface area contributed by atoms with Crippen LogP contribution in [0.5, 0.6) is 23.0 Å². The second kappa shape index (κ2) is 15.3. The number of esters is 2. The van der Waals surface area contributed by atoms with E-state index in [9.17, 15) is 9.59 Å². The maximum Gasteiger partial charge on any atom is 0.330 e. The topological polar surface area (TPSA) is 89.5 Å². The van der Waals surface area contributed by atoms with Crippen LogP contribution in [0.1, 0.15) is 48.4 Å². The number of ether oxygens (including phenoxy) is 6. The van der Waals surface area contributed by atoms with Gasteiger partial charge in [-0.05, 0) is 54.7 Å². The first-order valence-electron chi connectivity index (χ1n) is 14.0. The predicted molar refractivity (Wildman–Crippen MR) is 156 cm³/mol. The van der Waals surface area contributed by atoms with Gasteiger partial charge in [0.15, 0.2) is 23.0 Å². The molecule has 0 N–H and O–H groups in total. The van der Waals surface area contributed by atoms with Crippen molar-refractivity contribution in [2.45, 2.75) is 44.6 Å². The van der Waals surface area contributed by atoms with Gasteiger partial charge in [0.2, 0.25) is 0 Å². The summed E-state index contributed by atoms with van der Waals surface area (Å²) in [5.41, 5.74) is 3.53. The van der Waals surface area contributed by atoms with E-state index in [1.54, 1.807) is 28.4 Å². The third-order valence-corrected chi connectivity index (χ3v) is 7.82. The molecule has 0 saturated heterocycles. The van der Waals surface area contributed by atoms with E-state index >= 15 is 0 Å². The number of fused-ring (bicyclic) bond motifs is 1. The summed E-state index contributed by atoms with van der Waals surface area (Å²) in [4.78, 5) is 23.8. The molecular weight excluding hydrogens is 526 g/mol. The summed E-state index contributed by atoms with van der Waals surface area (Å²) in [7, 11) is 8.77. The van der Waals surface area contributed by atoms with Crippen LogP contribution in [0.3, 0.4) is 0 Å². The standard InChI is InChI=1S/C32H44NO8/c1-7-31(34)40-17-9-8-10-18-41-32(35)14-16-33(2)15-13-24-21-29(38-5)30(39-6)22-25(24)26(33)19-23-11-12-27(36-3)28(20-23)37-4/h7,11-12,20-22,26H,1,8-10,13-19H2,2-6H3/q+1/t26-,33-/m0/s1. The van der Waals surface area contributed by atoms with Crippen LogP contribution in [0.4, 0.5) is 0 Å². The third kappa shape index (κ3) is 8.39. The Hall–Kier alpha value is -3.72. The van der Waals surface area contributed by atoms with Gasteiger partial charge in [0.25, 0.3) is 0 Å². The molecule has 224 valence electrons. The molecule has 0 fully saturated rings. The van der Waals surface area contributed by atoms with Crippen LogP contribution in [0.2, 0.25) is 0 Å². The number of methoxy groups -OCH3 is 4. The zero-order valence-electron chi connectivity index (χ0n) is 25.0. The van der Waals surface area contributed by atoms with Gasteiger partial charge >= 0.3 is 11.9 Å². The molecule has 0 aliphatic carbocycles. The summed E-state index contributed by atoms with van der Waals surface area (Å²) in [5, 5.41) is 0. The van der Waals surface area contributed by atoms with Crippen molar-refractivity contribution in [2.75, 3.05) is 61.8 Å². The van der Waals surface area contributed by atoms with Gasteiger partial charge < -0.3 is 32.9 Å². The number of carbonyl (C=O) groups is 2. The van der Waals surface area contributed by atoms with Gasteiger partial charge in [-0.3, -0.25) is 4.79 Å². The van der Waals surface area contributed by atoms with Crippen LogP contribution in [0.25, 0.3) is 0 Å². The SMILES string of the molecule is C=CC(=O)OCCCCCOC(=O)CC[N@+]1(C)CCc2cc(OC)c(OC)cc2[C@@H]1Cc1ccc(OC)c(OC)c1. The highest BCUT2D eigenvalue weighted by Crippen LogP contribution is 2.43. The maximum atomic E-state index is 12.7. The lowest BCUT2D eigenvalue weighted by molar-refractivity contribution is -0.940. The second-order valence-electron chi connectivity index (χ2n) is 10.4. The van der Waals surface area contributed by atoms with Crippen molar-refractivity contribution >= 4 is 11.9 Å². The molecule has 1 aliphatic heterocycles. The van der Waals surface area contributed by atoms with Crippen LogP contribution in [-0.2, 0) is 31.9 Å². The Morgan fingerprint density at radius 3 is 2.17 bits per heavy atom. The fraction of sp³-hybridized carbons (Fsp3) is 0.500. The fourth-order valence-electron chi connectivity index (χ4n) is 5.38. The molecular formula is C32H44NO8+. The van der Waals surface area contributed by atoms with Crippen molar-refractivity contribution < 1.29 is 42.5 Å². The Balaban J connectivity index is 1.72. The van der Waals surface area contributed by atoms with E-state index in [0.29, 0.717) is 47.9 Å². The van der Waals surface area contributed by atoms with Crippen LogP contribution in [0, 0.1) is 0 Å². The molecule has 3 rings (SSSR count). The van der Waals surface area contributed by atoms with E-state index in [1.165, 1.54) is 11.1 Å². The molecule has 0 spiro atoms. The average molecular weight is 571 g/mol. The minimum absolute atomic E-state index is 0.0720. The van der Waals surface area contributed by atoms with E-state index < -0.39 is 5.97 Å². The molecule has 2 aromatic carbocycles. The number of nitrogens with zero attached hydrogens (tertiary/aromatic N) is 1. The maximum absolute atomic E-state index is 12.7. The van der Waals surface area contributed by atoms with E-state index in [2.05, 4.69) is 31.8 Å². The number of quaternary nitrogens is 1. The first kappa shape index (κ1) is 31.8. The van der Waals surface area contributed by atoms with E-state index in [0.717, 1.165) is 56.0 Å². The summed E-state index contributed by atoms with van der Waals surface area (Å²) in [5.74, 6) is 2.15. The molecule has 0 aromatic heterocycles. The van der Waals surface area contributed by atoms with E-state index in [-0.39, 0.29) is 12.0 Å². The molecule has 0 radical (unpaired) electrons. The summed E-state index contributed by atoms with van der Waals surface area (Å²) in [6, 6.07) is 10.2. The molecule has 41 heavy (non-hydrogen) atoms. The Kier molecular flexibility index (Phi) is 11.9. The smallest absolute Gasteiger partial charge is 0.330 e. The number of benzene rings is 2. The molecule has 1 heterocycles. The minimum Gasteiger partial charge on any atom is -0.493 e. The molecule has 2 atom stereocenters. The molecule has 0 saturated carbocycles. The van der Waals surface area contributed by atoms with Gasteiger partial charge in [-0.25, -0.2) is 4.79 Å². The lowest BCUT2D eigenvalue weighted by atomic mass is 9.86. The number of hydrogen-bond donors (Lipinski definition) is 0. The van der Waals surface area contributed by atoms with Crippen LogP contribution in [0.15, 0.2) is 43.0 Å². The van der Waals surface area contributed by atoms with Crippen LogP contribution >= 0.6 is 0 Å². The Morgan fingerprint density at radius 2 is 1.51 bits per heavy atom. The number of carbonyl (C=O) groups excluding carboxylic acids is 2. The van der Waals surface area contributed by atoms with Crippen molar-refractivity contribution in [3.8, 4) is 23.0 Å². The first-order chi connectivity index (χ1) is 19.8. The Morgan fingerprint density at radius 1 is 0.878 bits per heavy atom. The number of unbranched alkanes of at least 4 members (excludes halogenated alkanes) is 2. The van der Waals surface area contributed by atoms with Crippen molar-refractivity contribution in [3.63, 3.8) is 0 Å². The van der Waals surface area contributed by atoms with Crippen molar-refractivity contribution in [2.24, 2.45) is 0 Å². The molecule has 0 unspecified atom stereocenters. The molecule has 2 aromatic rings. The van der Waals surface area contributed by atoms with Crippen molar-refractivity contribution in [1.82, 2.24) is 0 Å². The lowest BCUT2D eigenvalue weighted by Crippen LogP contribution is -2.53. The van der Waals surface area contributed by atoms with Crippen LogP contribution < -0.4 is 18.9 Å². The summed E-state index contributed by atoms with van der Waals surface area (Å²) >= 11 is 0. The number of likely N-dealkylation sites (N-methyl/N-ethyl adjacent to an activating group) is 1. The summed E-state index contributed by atoms with van der Waals surface area (Å²) in [6.45, 7) is 5.58. The van der Waals surface area contributed by atoms with Gasteiger partial charge in [0, 0.05) is 24.5 Å². The third-order valence-electron chi connectivity index (χ3n) is 7.82. The van der Waals surface area contributed by atoms with Gasteiger partial charge in [-0.1, -0.05) is 12.6 Å². The highest BCUT2D eigenvalue weighted by atomic mass is 16.5. The lowest BCUT2D eigenvalue weighted by Gasteiger charge is -2.46. The Labute approximate surface area is 243 Å². The predicted octanol–water partition coefficient (Wildman–Crippen LogP) is 4.84. The fourth-order valence-corrected chi connectivity index (χ4v) is 5.38. The van der Waals surface area contributed by atoms with Crippen LogP contribution in [-0.4, -0.2) is 78.2 Å². The zero-order chi connectivity index (χ0) is 29.8. The minimum atomic E-state index is -0.421. The molecule has 9 nitrogen and oxygen atoms in total. The van der Waals surface area contributed by atoms with Gasteiger partial charge in [-0.15, -0.1) is 0 Å². The van der Waals surface area contributed by atoms with Gasteiger partial charge in [0.1, 0.15) is 6.04 Å². The number of rotatable bonds is 16. The highest BCUT2D eigenvalue weighted by molar-refractivity contribution is 5.81. The first-order valence-corrected chi connectivity index (χ1v) is 14.0. The number of hydrogen-bond acceptors (Lipinski definition) is 8. The highest BCUT2D eigenvalue weighted by Gasteiger charge is 2.40. The normalized spacial score (nSPS) is 17.6. The van der Waals surface area contributed by atoms with Crippen molar-refractivity contribution in [3.05, 3.63) is 59.7 Å². The monoisotopic (exact) mass is 570 g/mol. The van der Waals surface area contributed by atoms with Gasteiger partial charge in [0.05, 0.1) is 68.2 Å². The van der Waals surface area contributed by atoms with E-state index in [4.69, 9.17) is 28.4 Å². The molecule has 0 bridgehead atoms. The molecule has 0 amide bonds. The molecule has 9 heteroatoms. The Bertz CT molecular complexity index is 1200. The largest absolute Gasteiger partial charge is 0.493 e. The van der Waals surface area contributed by atoms with Crippen molar-refractivity contribution in [1.29, 1.82) is 0 Å².